The van der Waals surface area contributed by atoms with Crippen molar-refractivity contribution in [3.05, 3.63) is 34.5 Å². The van der Waals surface area contributed by atoms with Crippen molar-refractivity contribution in [1.82, 2.24) is 10.2 Å². The van der Waals surface area contributed by atoms with E-state index in [0.29, 0.717) is 27.7 Å². The molecule has 88 valence electrons. The van der Waals surface area contributed by atoms with Crippen molar-refractivity contribution in [2.45, 2.75) is 6.92 Å². The second-order valence-electron chi connectivity index (χ2n) is 3.62. The highest BCUT2D eigenvalue weighted by Gasteiger charge is 2.20. The van der Waals surface area contributed by atoms with Crippen LogP contribution in [0.1, 0.15) is 16.1 Å². The van der Waals surface area contributed by atoms with Gasteiger partial charge in [0.15, 0.2) is 0 Å². The number of aromatic carboxylic acids is 1. The number of aromatic amines is 1. The van der Waals surface area contributed by atoms with Crippen molar-refractivity contribution in [3.63, 3.8) is 0 Å². The Morgan fingerprint density at radius 1 is 1.53 bits per heavy atom. The lowest BCUT2D eigenvalue weighted by Gasteiger charge is -2.03. The normalized spacial score (nSPS) is 10.5. The van der Waals surface area contributed by atoms with Gasteiger partial charge in [0.05, 0.1) is 5.02 Å². The summed E-state index contributed by atoms with van der Waals surface area (Å²) in [7, 11) is 0. The number of aryl methyl sites for hydroxylation is 1. The van der Waals surface area contributed by atoms with Crippen LogP contribution in [0, 0.1) is 6.92 Å². The Labute approximate surface area is 102 Å². The maximum absolute atomic E-state index is 11.1. The Hall–Kier alpha value is -2.01. The first-order chi connectivity index (χ1) is 8.00. The van der Waals surface area contributed by atoms with Gasteiger partial charge in [-0.3, -0.25) is 5.10 Å². The highest BCUT2D eigenvalue weighted by atomic mass is 35.5. The minimum absolute atomic E-state index is 0.109. The molecule has 2 aromatic rings. The molecule has 0 saturated carbocycles. The topological polar surface area (TPSA) is 92.0 Å². The van der Waals surface area contributed by atoms with Gasteiger partial charge in [0.2, 0.25) is 0 Å². The van der Waals surface area contributed by atoms with Crippen molar-refractivity contribution < 1.29 is 9.90 Å². The Balaban J connectivity index is 2.68. The maximum Gasteiger partial charge on any atom is 0.339 e. The fraction of sp³-hybridized carbons (Fsp3) is 0.0909. The molecule has 0 fully saturated rings. The van der Waals surface area contributed by atoms with E-state index in [1.54, 1.807) is 25.1 Å². The van der Waals surface area contributed by atoms with Crippen LogP contribution in [-0.4, -0.2) is 21.3 Å². The molecule has 0 spiro atoms. The molecular weight excluding hydrogens is 242 g/mol. The first-order valence-corrected chi connectivity index (χ1v) is 5.22. The fourth-order valence-corrected chi connectivity index (χ4v) is 1.82. The third-order valence-electron chi connectivity index (χ3n) is 2.41. The largest absolute Gasteiger partial charge is 0.478 e. The molecule has 5 nitrogen and oxygen atoms in total. The number of nitrogens with two attached hydrogens (primary N) is 1. The number of hydrogen-bond acceptors (Lipinski definition) is 3. The van der Waals surface area contributed by atoms with Gasteiger partial charge in [-0.1, -0.05) is 11.6 Å². The quantitative estimate of drug-likeness (QED) is 0.714. The zero-order valence-electron chi connectivity index (χ0n) is 8.99. The number of carbonyl (C=O) groups is 1. The lowest BCUT2D eigenvalue weighted by Crippen LogP contribution is -2.00. The Morgan fingerprint density at radius 3 is 2.88 bits per heavy atom. The SMILES string of the molecule is Cc1[nH]nc(-c2cc(N)ccc2Cl)c1C(=O)O. The number of nitrogens with one attached hydrogen (secondary N) is 1. The monoisotopic (exact) mass is 251 g/mol. The molecule has 1 aromatic heterocycles. The maximum atomic E-state index is 11.1. The van der Waals surface area contributed by atoms with Crippen LogP contribution in [0.25, 0.3) is 11.3 Å². The van der Waals surface area contributed by atoms with Crippen molar-refractivity contribution in [3.8, 4) is 11.3 Å². The van der Waals surface area contributed by atoms with E-state index in [2.05, 4.69) is 10.2 Å². The molecule has 1 heterocycles. The van der Waals surface area contributed by atoms with Crippen LogP contribution >= 0.6 is 11.6 Å². The first-order valence-electron chi connectivity index (χ1n) is 4.84. The molecule has 0 aliphatic carbocycles. The van der Waals surface area contributed by atoms with Gasteiger partial charge in [-0.25, -0.2) is 4.79 Å². The van der Waals surface area contributed by atoms with Gasteiger partial charge in [0, 0.05) is 16.9 Å². The van der Waals surface area contributed by atoms with E-state index in [-0.39, 0.29) is 5.56 Å². The minimum Gasteiger partial charge on any atom is -0.478 e. The van der Waals surface area contributed by atoms with Crippen molar-refractivity contribution in [2.24, 2.45) is 0 Å². The summed E-state index contributed by atoms with van der Waals surface area (Å²) in [4.78, 5) is 11.1. The van der Waals surface area contributed by atoms with E-state index in [1.165, 1.54) is 0 Å². The molecule has 6 heteroatoms. The molecule has 0 radical (unpaired) electrons. The fourth-order valence-electron chi connectivity index (χ4n) is 1.61. The molecule has 0 amide bonds. The predicted octanol–water partition coefficient (Wildman–Crippen LogP) is 2.32. The van der Waals surface area contributed by atoms with Crippen LogP contribution < -0.4 is 5.73 Å². The van der Waals surface area contributed by atoms with E-state index in [0.717, 1.165) is 0 Å². The van der Waals surface area contributed by atoms with Crippen LogP contribution in [0.3, 0.4) is 0 Å². The number of anilines is 1. The Kier molecular flexibility index (Phi) is 2.77. The molecular formula is C11H10ClN3O2. The van der Waals surface area contributed by atoms with E-state index in [9.17, 15) is 4.79 Å². The van der Waals surface area contributed by atoms with Crippen LogP contribution in [0.15, 0.2) is 18.2 Å². The molecule has 0 bridgehead atoms. The number of H-pyrrole nitrogens is 1. The zero-order chi connectivity index (χ0) is 12.6. The number of rotatable bonds is 2. The molecule has 0 atom stereocenters. The second-order valence-corrected chi connectivity index (χ2v) is 4.02. The number of hydrogen-bond donors (Lipinski definition) is 3. The number of carboxylic acid groups (broad SMARTS) is 1. The summed E-state index contributed by atoms with van der Waals surface area (Å²) in [5.41, 5.74) is 7.55. The van der Waals surface area contributed by atoms with Gasteiger partial charge in [-0.2, -0.15) is 5.10 Å². The molecule has 0 unspecified atom stereocenters. The number of carboxylic acids is 1. The molecule has 0 aliphatic rings. The highest BCUT2D eigenvalue weighted by molar-refractivity contribution is 6.33. The van der Waals surface area contributed by atoms with Gasteiger partial charge in [0.1, 0.15) is 11.3 Å². The predicted molar refractivity (Wildman–Crippen MR) is 65.1 cm³/mol. The Morgan fingerprint density at radius 2 is 2.24 bits per heavy atom. The van der Waals surface area contributed by atoms with E-state index in [4.69, 9.17) is 22.4 Å². The molecule has 0 aliphatic heterocycles. The Bertz CT molecular complexity index is 592. The zero-order valence-corrected chi connectivity index (χ0v) is 9.75. The van der Waals surface area contributed by atoms with E-state index in [1.807, 2.05) is 0 Å². The van der Waals surface area contributed by atoms with Gasteiger partial charge < -0.3 is 10.8 Å². The summed E-state index contributed by atoms with van der Waals surface area (Å²) in [6.07, 6.45) is 0. The molecule has 1 aromatic carbocycles. The van der Waals surface area contributed by atoms with Crippen LogP contribution in [0.4, 0.5) is 5.69 Å². The first kappa shape index (κ1) is 11.5. The van der Waals surface area contributed by atoms with Crippen molar-refractivity contribution >= 4 is 23.3 Å². The number of nitrogen functional groups attached to an aromatic ring is 1. The average Bonchev–Trinajstić information content (AvgIpc) is 2.64. The van der Waals surface area contributed by atoms with Gasteiger partial charge in [-0.05, 0) is 25.1 Å². The number of aromatic nitrogens is 2. The summed E-state index contributed by atoms with van der Waals surface area (Å²) in [5.74, 6) is -1.05. The van der Waals surface area contributed by atoms with Crippen LogP contribution in [0.5, 0.6) is 0 Å². The molecule has 2 rings (SSSR count). The average molecular weight is 252 g/mol. The summed E-state index contributed by atoms with van der Waals surface area (Å²) < 4.78 is 0. The number of halogens is 1. The smallest absolute Gasteiger partial charge is 0.339 e. The van der Waals surface area contributed by atoms with Gasteiger partial charge >= 0.3 is 5.97 Å². The second kappa shape index (κ2) is 4.10. The van der Waals surface area contributed by atoms with Crippen molar-refractivity contribution in [2.75, 3.05) is 5.73 Å². The van der Waals surface area contributed by atoms with E-state index >= 15 is 0 Å². The molecule has 4 N–H and O–H groups in total. The van der Waals surface area contributed by atoms with E-state index < -0.39 is 5.97 Å². The minimum atomic E-state index is -1.05. The van der Waals surface area contributed by atoms with Crippen LogP contribution in [0.2, 0.25) is 5.02 Å². The van der Waals surface area contributed by atoms with Crippen molar-refractivity contribution in [1.29, 1.82) is 0 Å². The number of nitrogens with zero attached hydrogens (tertiary/aromatic N) is 1. The third-order valence-corrected chi connectivity index (χ3v) is 2.74. The van der Waals surface area contributed by atoms with Gasteiger partial charge in [0.25, 0.3) is 0 Å². The molecule has 17 heavy (non-hydrogen) atoms. The highest BCUT2D eigenvalue weighted by Crippen LogP contribution is 2.31. The lowest BCUT2D eigenvalue weighted by molar-refractivity contribution is 0.0697. The standard InChI is InChI=1S/C11H10ClN3O2/c1-5-9(11(16)17)10(15-14-5)7-4-6(13)2-3-8(7)12/h2-4H,13H2,1H3,(H,14,15)(H,16,17). The number of benzene rings is 1. The third kappa shape index (κ3) is 1.97. The summed E-state index contributed by atoms with van der Waals surface area (Å²) in [5, 5.41) is 16.1. The summed E-state index contributed by atoms with van der Waals surface area (Å²) in [6.45, 7) is 1.64. The van der Waals surface area contributed by atoms with Gasteiger partial charge in [-0.15, -0.1) is 0 Å². The van der Waals surface area contributed by atoms with Crippen LogP contribution in [-0.2, 0) is 0 Å². The summed E-state index contributed by atoms with van der Waals surface area (Å²) >= 11 is 6.01. The lowest BCUT2D eigenvalue weighted by atomic mass is 10.1. The molecule has 0 saturated heterocycles. The summed E-state index contributed by atoms with van der Waals surface area (Å²) in [6, 6.07) is 4.86.